The fraction of sp³-hybridized carbons (Fsp3) is 0.929. The molecule has 2 rings (SSSR count). The molecule has 3 nitrogen and oxygen atoms in total. The number of hydrogen-bond donors (Lipinski definition) is 1. The number of rotatable bonds is 5. The van der Waals surface area contributed by atoms with Gasteiger partial charge in [-0.1, -0.05) is 32.1 Å². The minimum absolute atomic E-state index is 0.376. The molecule has 1 heterocycles. The van der Waals surface area contributed by atoms with Gasteiger partial charge in [-0.05, 0) is 37.8 Å². The summed E-state index contributed by atoms with van der Waals surface area (Å²) in [5.74, 6) is 0.450. The number of aliphatic carboxylic acids is 1. The first-order chi connectivity index (χ1) is 8.25. The van der Waals surface area contributed by atoms with Gasteiger partial charge in [0.2, 0.25) is 0 Å². The van der Waals surface area contributed by atoms with E-state index in [-0.39, 0.29) is 0 Å². The largest absolute Gasteiger partial charge is 0.481 e. The lowest BCUT2D eigenvalue weighted by Gasteiger charge is -2.32. The Kier molecular flexibility index (Phi) is 4.84. The molecule has 0 spiro atoms. The zero-order chi connectivity index (χ0) is 12.1. The fourth-order valence-electron chi connectivity index (χ4n) is 3.51. The van der Waals surface area contributed by atoms with Crippen molar-refractivity contribution in [1.82, 2.24) is 4.90 Å². The van der Waals surface area contributed by atoms with E-state index in [0.29, 0.717) is 18.3 Å². The first-order valence-corrected chi connectivity index (χ1v) is 7.20. The van der Waals surface area contributed by atoms with Gasteiger partial charge in [0.1, 0.15) is 0 Å². The van der Waals surface area contributed by atoms with Crippen LogP contribution in [0.1, 0.15) is 51.4 Å². The van der Waals surface area contributed by atoms with E-state index >= 15 is 0 Å². The van der Waals surface area contributed by atoms with E-state index in [1.807, 2.05) is 0 Å². The number of carboxylic acids is 1. The Labute approximate surface area is 104 Å². The molecule has 1 atom stereocenters. The van der Waals surface area contributed by atoms with Crippen molar-refractivity contribution in [1.29, 1.82) is 0 Å². The predicted molar refractivity (Wildman–Crippen MR) is 68.0 cm³/mol. The lowest BCUT2D eigenvalue weighted by Crippen LogP contribution is -2.33. The lowest BCUT2D eigenvalue weighted by molar-refractivity contribution is -0.138. The normalized spacial score (nSPS) is 24.9. The van der Waals surface area contributed by atoms with Gasteiger partial charge in [0.15, 0.2) is 0 Å². The van der Waals surface area contributed by atoms with Crippen molar-refractivity contribution in [3.63, 3.8) is 0 Å². The molecule has 1 saturated heterocycles. The van der Waals surface area contributed by atoms with Gasteiger partial charge in [0.25, 0.3) is 0 Å². The summed E-state index contributed by atoms with van der Waals surface area (Å²) in [5, 5.41) is 9.07. The lowest BCUT2D eigenvalue weighted by atomic mass is 9.78. The maximum atomic E-state index is 11.0. The highest BCUT2D eigenvalue weighted by atomic mass is 16.4. The van der Waals surface area contributed by atoms with Gasteiger partial charge in [0, 0.05) is 13.0 Å². The monoisotopic (exact) mass is 239 g/mol. The average molecular weight is 239 g/mol. The summed E-state index contributed by atoms with van der Waals surface area (Å²) < 4.78 is 0. The Morgan fingerprint density at radius 1 is 1.12 bits per heavy atom. The molecular weight excluding hydrogens is 214 g/mol. The maximum absolute atomic E-state index is 11.0. The number of carboxylic acid groups (broad SMARTS) is 1. The zero-order valence-corrected chi connectivity index (χ0v) is 10.7. The van der Waals surface area contributed by atoms with E-state index in [1.54, 1.807) is 0 Å². The van der Waals surface area contributed by atoms with E-state index in [2.05, 4.69) is 4.90 Å². The summed E-state index contributed by atoms with van der Waals surface area (Å²) in [6, 6.07) is 0. The van der Waals surface area contributed by atoms with Crippen LogP contribution in [-0.2, 0) is 4.79 Å². The van der Waals surface area contributed by atoms with Crippen LogP contribution in [0.3, 0.4) is 0 Å². The van der Waals surface area contributed by atoms with E-state index in [0.717, 1.165) is 6.54 Å². The average Bonchev–Trinajstić information content (AvgIpc) is 2.82. The first-order valence-electron chi connectivity index (χ1n) is 7.20. The maximum Gasteiger partial charge on any atom is 0.303 e. The fourth-order valence-corrected chi connectivity index (χ4v) is 3.51. The van der Waals surface area contributed by atoms with Gasteiger partial charge < -0.3 is 10.0 Å². The predicted octanol–water partition coefficient (Wildman–Crippen LogP) is 2.75. The van der Waals surface area contributed by atoms with Gasteiger partial charge in [0.05, 0.1) is 0 Å². The molecule has 98 valence electrons. The highest BCUT2D eigenvalue weighted by molar-refractivity contribution is 5.67. The molecule has 0 bridgehead atoms. The minimum Gasteiger partial charge on any atom is -0.481 e. The molecule has 1 N–H and O–H groups in total. The van der Waals surface area contributed by atoms with Crippen LogP contribution in [0.2, 0.25) is 0 Å². The standard InChI is InChI=1S/C14H25NO2/c16-14(17)10-13(11-15-8-4-5-9-15)12-6-2-1-3-7-12/h12-13H,1-11H2,(H,16,17). The molecule has 2 fully saturated rings. The molecule has 1 aliphatic heterocycles. The first kappa shape index (κ1) is 12.9. The second-order valence-electron chi connectivity index (χ2n) is 5.76. The molecule has 0 aromatic rings. The zero-order valence-electron chi connectivity index (χ0n) is 10.7. The van der Waals surface area contributed by atoms with Crippen LogP contribution in [0.15, 0.2) is 0 Å². The Morgan fingerprint density at radius 3 is 2.35 bits per heavy atom. The number of hydrogen-bond acceptors (Lipinski definition) is 2. The number of likely N-dealkylation sites (tertiary alicyclic amines) is 1. The molecule has 3 heteroatoms. The highest BCUT2D eigenvalue weighted by Gasteiger charge is 2.28. The van der Waals surface area contributed by atoms with E-state index in [4.69, 9.17) is 5.11 Å². The van der Waals surface area contributed by atoms with Crippen molar-refractivity contribution >= 4 is 5.97 Å². The number of carbonyl (C=O) groups is 1. The third-order valence-corrected chi connectivity index (χ3v) is 4.44. The third kappa shape index (κ3) is 3.98. The topological polar surface area (TPSA) is 40.5 Å². The molecule has 1 saturated carbocycles. The SMILES string of the molecule is O=C(O)CC(CN1CCCC1)C1CCCCC1. The molecule has 0 aromatic carbocycles. The molecule has 1 aliphatic carbocycles. The van der Waals surface area contributed by atoms with Crippen molar-refractivity contribution in [2.24, 2.45) is 11.8 Å². The van der Waals surface area contributed by atoms with Crippen LogP contribution in [0, 0.1) is 11.8 Å². The van der Waals surface area contributed by atoms with E-state index < -0.39 is 5.97 Å². The molecule has 17 heavy (non-hydrogen) atoms. The van der Waals surface area contributed by atoms with E-state index in [1.165, 1.54) is 58.0 Å². The highest BCUT2D eigenvalue weighted by Crippen LogP contribution is 2.32. The van der Waals surface area contributed by atoms with Gasteiger partial charge >= 0.3 is 5.97 Å². The van der Waals surface area contributed by atoms with Crippen molar-refractivity contribution in [2.75, 3.05) is 19.6 Å². The van der Waals surface area contributed by atoms with Crippen LogP contribution < -0.4 is 0 Å². The van der Waals surface area contributed by atoms with Crippen molar-refractivity contribution in [2.45, 2.75) is 51.4 Å². The second-order valence-corrected chi connectivity index (χ2v) is 5.76. The molecule has 0 radical (unpaired) electrons. The summed E-state index contributed by atoms with van der Waals surface area (Å²) in [6.45, 7) is 3.39. The summed E-state index contributed by atoms with van der Waals surface area (Å²) in [4.78, 5) is 13.5. The van der Waals surface area contributed by atoms with Crippen molar-refractivity contribution in [3.8, 4) is 0 Å². The summed E-state index contributed by atoms with van der Waals surface area (Å²) in [5.41, 5.74) is 0. The van der Waals surface area contributed by atoms with Crippen molar-refractivity contribution in [3.05, 3.63) is 0 Å². The summed E-state index contributed by atoms with van der Waals surface area (Å²) >= 11 is 0. The second kappa shape index (κ2) is 6.39. The molecular formula is C14H25NO2. The van der Waals surface area contributed by atoms with Crippen LogP contribution in [0.4, 0.5) is 0 Å². The Morgan fingerprint density at radius 2 is 1.76 bits per heavy atom. The Balaban J connectivity index is 1.88. The quantitative estimate of drug-likeness (QED) is 0.802. The van der Waals surface area contributed by atoms with Gasteiger partial charge in [-0.15, -0.1) is 0 Å². The van der Waals surface area contributed by atoms with Gasteiger partial charge in [-0.25, -0.2) is 0 Å². The molecule has 2 aliphatic rings. The van der Waals surface area contributed by atoms with E-state index in [9.17, 15) is 4.79 Å². The van der Waals surface area contributed by atoms with Crippen LogP contribution >= 0.6 is 0 Å². The summed E-state index contributed by atoms with van der Waals surface area (Å²) in [7, 11) is 0. The third-order valence-electron chi connectivity index (χ3n) is 4.44. The molecule has 0 amide bonds. The van der Waals surface area contributed by atoms with Crippen LogP contribution in [-0.4, -0.2) is 35.6 Å². The number of nitrogens with zero attached hydrogens (tertiary/aromatic N) is 1. The van der Waals surface area contributed by atoms with Crippen LogP contribution in [0.25, 0.3) is 0 Å². The molecule has 1 unspecified atom stereocenters. The van der Waals surface area contributed by atoms with Crippen LogP contribution in [0.5, 0.6) is 0 Å². The minimum atomic E-state index is -0.611. The smallest absolute Gasteiger partial charge is 0.303 e. The Hall–Kier alpha value is -0.570. The molecule has 0 aromatic heterocycles. The van der Waals surface area contributed by atoms with Gasteiger partial charge in [-0.3, -0.25) is 4.79 Å². The van der Waals surface area contributed by atoms with Crippen molar-refractivity contribution < 1.29 is 9.90 Å². The summed E-state index contributed by atoms with van der Waals surface area (Å²) in [6.07, 6.45) is 9.44. The van der Waals surface area contributed by atoms with Gasteiger partial charge in [-0.2, -0.15) is 0 Å². The Bertz CT molecular complexity index is 243.